The average Bonchev–Trinajstić information content (AvgIpc) is 3.22. The van der Waals surface area contributed by atoms with Crippen molar-refractivity contribution in [3.8, 4) is 11.6 Å². The van der Waals surface area contributed by atoms with Gasteiger partial charge in [0.1, 0.15) is 5.75 Å². The number of carbonyl (C=O) groups excluding carboxylic acids is 1. The highest BCUT2D eigenvalue weighted by molar-refractivity contribution is 5.88. The molecule has 2 fully saturated rings. The van der Waals surface area contributed by atoms with Gasteiger partial charge in [0.05, 0.1) is 18.2 Å². The number of aromatic amines is 1. The SMILES string of the molecule is CC(C)COc1cccc2[nH]c(OC(=O)NC3CCN(C[C@H](C)N4CCC(O)CC4)CC3)cc12. The number of fused-ring (bicyclic) bond motifs is 1. The number of carbonyl (C=O) groups is 1. The normalized spacial score (nSPS) is 20.0. The van der Waals surface area contributed by atoms with E-state index in [2.05, 4.69) is 40.9 Å². The summed E-state index contributed by atoms with van der Waals surface area (Å²) in [6, 6.07) is 8.25. The van der Waals surface area contributed by atoms with Crippen molar-refractivity contribution >= 4 is 17.0 Å². The van der Waals surface area contributed by atoms with Crippen LogP contribution in [0.15, 0.2) is 24.3 Å². The summed E-state index contributed by atoms with van der Waals surface area (Å²) in [6.07, 6.45) is 3.04. The van der Waals surface area contributed by atoms with Crippen LogP contribution in [0.1, 0.15) is 46.5 Å². The van der Waals surface area contributed by atoms with E-state index in [-0.39, 0.29) is 12.1 Å². The fraction of sp³-hybridized carbons (Fsp3) is 0.654. The third-order valence-corrected chi connectivity index (χ3v) is 6.93. The molecule has 3 N–H and O–H groups in total. The predicted octanol–water partition coefficient (Wildman–Crippen LogP) is 3.60. The molecule has 1 aromatic heterocycles. The average molecular weight is 473 g/mol. The molecule has 0 unspecified atom stereocenters. The number of aromatic nitrogens is 1. The molecule has 1 amide bonds. The van der Waals surface area contributed by atoms with Crippen molar-refractivity contribution in [1.29, 1.82) is 0 Å². The number of likely N-dealkylation sites (tertiary alicyclic amines) is 2. The van der Waals surface area contributed by atoms with Crippen LogP contribution in [0.5, 0.6) is 11.6 Å². The molecule has 2 aliphatic heterocycles. The molecule has 34 heavy (non-hydrogen) atoms. The second kappa shape index (κ2) is 11.4. The van der Waals surface area contributed by atoms with E-state index in [9.17, 15) is 9.90 Å². The number of H-pyrrole nitrogens is 1. The number of hydrogen-bond donors (Lipinski definition) is 3. The van der Waals surface area contributed by atoms with E-state index in [1.165, 1.54) is 0 Å². The molecule has 0 aliphatic carbocycles. The van der Waals surface area contributed by atoms with Crippen LogP contribution in [-0.2, 0) is 0 Å². The molecule has 3 heterocycles. The quantitative estimate of drug-likeness (QED) is 0.544. The third-order valence-electron chi connectivity index (χ3n) is 6.93. The minimum absolute atomic E-state index is 0.124. The molecule has 188 valence electrons. The van der Waals surface area contributed by atoms with Gasteiger partial charge in [0.25, 0.3) is 0 Å². The first-order valence-electron chi connectivity index (χ1n) is 12.7. The largest absolute Gasteiger partial charge is 0.493 e. The van der Waals surface area contributed by atoms with E-state index in [1.54, 1.807) is 0 Å². The monoisotopic (exact) mass is 472 g/mol. The van der Waals surface area contributed by atoms with Gasteiger partial charge < -0.3 is 29.8 Å². The van der Waals surface area contributed by atoms with E-state index in [4.69, 9.17) is 9.47 Å². The summed E-state index contributed by atoms with van der Waals surface area (Å²) in [4.78, 5) is 20.6. The molecular formula is C26H40N4O4. The Hall–Kier alpha value is -2.29. The molecule has 2 aliphatic rings. The van der Waals surface area contributed by atoms with Crippen LogP contribution in [0.3, 0.4) is 0 Å². The molecule has 0 saturated carbocycles. The van der Waals surface area contributed by atoms with Gasteiger partial charge in [-0.25, -0.2) is 4.79 Å². The van der Waals surface area contributed by atoms with E-state index >= 15 is 0 Å². The summed E-state index contributed by atoms with van der Waals surface area (Å²) in [5, 5.41) is 13.7. The number of aliphatic hydroxyl groups is 1. The predicted molar refractivity (Wildman–Crippen MR) is 134 cm³/mol. The Morgan fingerprint density at radius 3 is 2.59 bits per heavy atom. The lowest BCUT2D eigenvalue weighted by atomic mass is 10.0. The molecular weight excluding hydrogens is 432 g/mol. The number of nitrogens with one attached hydrogen (secondary N) is 2. The third kappa shape index (κ3) is 6.64. The summed E-state index contributed by atoms with van der Waals surface area (Å²) in [7, 11) is 0. The standard InChI is InChI=1S/C26H40N4O4/c1-18(2)17-33-24-6-4-5-23-22(24)15-25(28-23)34-26(32)27-20-7-11-29(12-8-20)16-19(3)30-13-9-21(31)10-14-30/h4-6,15,18-21,28,31H,7-14,16-17H2,1-3H3,(H,27,32)/t19-/m0/s1. The van der Waals surface area contributed by atoms with Gasteiger partial charge in [-0.05, 0) is 50.7 Å². The van der Waals surface area contributed by atoms with Crippen molar-refractivity contribution < 1.29 is 19.4 Å². The van der Waals surface area contributed by atoms with Gasteiger partial charge in [-0.1, -0.05) is 19.9 Å². The molecule has 2 saturated heterocycles. The molecule has 0 spiro atoms. The molecule has 0 radical (unpaired) electrons. The van der Waals surface area contributed by atoms with E-state index in [0.29, 0.717) is 24.4 Å². The van der Waals surface area contributed by atoms with Crippen LogP contribution in [0.4, 0.5) is 4.79 Å². The van der Waals surface area contributed by atoms with E-state index in [0.717, 1.165) is 75.1 Å². The molecule has 8 nitrogen and oxygen atoms in total. The number of aliphatic hydroxyl groups excluding tert-OH is 1. The van der Waals surface area contributed by atoms with Crippen molar-refractivity contribution in [1.82, 2.24) is 20.1 Å². The molecule has 4 rings (SSSR count). The summed E-state index contributed by atoms with van der Waals surface area (Å²) >= 11 is 0. The highest BCUT2D eigenvalue weighted by Gasteiger charge is 2.26. The first-order valence-corrected chi connectivity index (χ1v) is 12.7. The molecule has 1 aromatic carbocycles. The Morgan fingerprint density at radius 1 is 1.15 bits per heavy atom. The first-order chi connectivity index (χ1) is 16.4. The Bertz CT molecular complexity index is 930. The zero-order valence-corrected chi connectivity index (χ0v) is 20.8. The molecule has 0 bridgehead atoms. The van der Waals surface area contributed by atoms with Gasteiger partial charge in [-0.3, -0.25) is 4.90 Å². The maximum absolute atomic E-state index is 12.5. The highest BCUT2D eigenvalue weighted by Crippen LogP contribution is 2.29. The zero-order chi connectivity index (χ0) is 24.1. The topological polar surface area (TPSA) is 90.1 Å². The van der Waals surface area contributed by atoms with Crippen LogP contribution in [0.2, 0.25) is 0 Å². The fourth-order valence-electron chi connectivity index (χ4n) is 4.91. The van der Waals surface area contributed by atoms with Crippen LogP contribution in [0.25, 0.3) is 10.9 Å². The van der Waals surface area contributed by atoms with Gasteiger partial charge in [0.2, 0.25) is 5.88 Å². The van der Waals surface area contributed by atoms with E-state index in [1.807, 2.05) is 24.3 Å². The van der Waals surface area contributed by atoms with Crippen molar-refractivity contribution in [2.75, 3.05) is 39.3 Å². The lowest BCUT2D eigenvalue weighted by Crippen LogP contribution is -2.50. The van der Waals surface area contributed by atoms with Crippen LogP contribution >= 0.6 is 0 Å². The van der Waals surface area contributed by atoms with Crippen LogP contribution in [-0.4, -0.2) is 83.5 Å². The number of hydrogen-bond acceptors (Lipinski definition) is 6. The van der Waals surface area contributed by atoms with Gasteiger partial charge in [0, 0.05) is 56.3 Å². The minimum Gasteiger partial charge on any atom is -0.493 e. The van der Waals surface area contributed by atoms with E-state index < -0.39 is 6.09 Å². The summed E-state index contributed by atoms with van der Waals surface area (Å²) in [5.74, 6) is 1.65. The number of piperidine rings is 2. The second-order valence-electron chi connectivity index (χ2n) is 10.3. The summed E-state index contributed by atoms with van der Waals surface area (Å²) in [5.41, 5.74) is 0.884. The zero-order valence-electron chi connectivity index (χ0n) is 20.8. The van der Waals surface area contributed by atoms with Crippen LogP contribution in [0, 0.1) is 5.92 Å². The second-order valence-corrected chi connectivity index (χ2v) is 10.3. The number of benzene rings is 1. The Labute approximate surface area is 202 Å². The molecule has 2 aromatic rings. The Morgan fingerprint density at radius 2 is 1.88 bits per heavy atom. The highest BCUT2D eigenvalue weighted by atomic mass is 16.6. The van der Waals surface area contributed by atoms with Gasteiger partial charge in [-0.2, -0.15) is 0 Å². The summed E-state index contributed by atoms with van der Waals surface area (Å²) in [6.45, 7) is 12.1. The lowest BCUT2D eigenvalue weighted by Gasteiger charge is -2.39. The maximum Gasteiger partial charge on any atom is 0.414 e. The first kappa shape index (κ1) is 24.8. The van der Waals surface area contributed by atoms with Gasteiger partial charge in [0.15, 0.2) is 0 Å². The Balaban J connectivity index is 1.22. The van der Waals surface area contributed by atoms with Crippen LogP contribution < -0.4 is 14.8 Å². The van der Waals surface area contributed by atoms with Gasteiger partial charge >= 0.3 is 6.09 Å². The Kier molecular flexibility index (Phi) is 8.34. The van der Waals surface area contributed by atoms with Gasteiger partial charge in [-0.15, -0.1) is 0 Å². The molecule has 8 heteroatoms. The van der Waals surface area contributed by atoms with Crippen molar-refractivity contribution in [3.63, 3.8) is 0 Å². The summed E-state index contributed by atoms with van der Waals surface area (Å²) < 4.78 is 11.5. The number of rotatable bonds is 8. The van der Waals surface area contributed by atoms with Crippen molar-refractivity contribution in [3.05, 3.63) is 24.3 Å². The lowest BCUT2D eigenvalue weighted by molar-refractivity contribution is 0.0501. The number of amides is 1. The fourth-order valence-corrected chi connectivity index (χ4v) is 4.91. The number of ether oxygens (including phenoxy) is 2. The maximum atomic E-state index is 12.5. The smallest absolute Gasteiger partial charge is 0.414 e. The number of nitrogens with zero attached hydrogens (tertiary/aromatic N) is 2. The van der Waals surface area contributed by atoms with Crippen molar-refractivity contribution in [2.45, 2.75) is 64.6 Å². The van der Waals surface area contributed by atoms with Crippen molar-refractivity contribution in [2.24, 2.45) is 5.92 Å². The molecule has 1 atom stereocenters. The minimum atomic E-state index is -0.421.